The fourth-order valence-corrected chi connectivity index (χ4v) is 3.54. The molecule has 5 heteroatoms. The molecule has 1 aliphatic rings. The van der Waals surface area contributed by atoms with E-state index >= 15 is 0 Å². The number of nitrogens with one attached hydrogen (secondary N) is 1. The van der Waals surface area contributed by atoms with Gasteiger partial charge in [-0.25, -0.2) is 4.39 Å². The van der Waals surface area contributed by atoms with Crippen molar-refractivity contribution in [3.63, 3.8) is 0 Å². The number of rotatable bonds is 4. The minimum Gasteiger partial charge on any atom is -0.352 e. The van der Waals surface area contributed by atoms with Crippen LogP contribution in [0.3, 0.4) is 0 Å². The van der Waals surface area contributed by atoms with Gasteiger partial charge in [-0.2, -0.15) is 0 Å². The first-order valence-corrected chi connectivity index (χ1v) is 7.74. The number of alkyl halides is 1. The summed E-state index contributed by atoms with van der Waals surface area (Å²) in [5, 5.41) is 2.82. The molecule has 0 heterocycles. The number of hydrogen-bond donors (Lipinski definition) is 1. The Morgan fingerprint density at radius 2 is 2.16 bits per heavy atom. The monoisotopic (exact) mass is 347 g/mol. The standard InChI is InChI=1S/C14H16BrClFNO/c15-11-5-2-6-12(17)13(11)14(19)18-8-10-4-1-3-9(10)7-16/h2,5-6,9-10H,1,3-4,7-8H2,(H,18,19). The van der Waals surface area contributed by atoms with E-state index in [1.54, 1.807) is 12.1 Å². The molecular weight excluding hydrogens is 333 g/mol. The van der Waals surface area contributed by atoms with Crippen molar-refractivity contribution in [3.8, 4) is 0 Å². The Labute approximate surface area is 125 Å². The van der Waals surface area contributed by atoms with Crippen molar-refractivity contribution in [1.82, 2.24) is 5.32 Å². The zero-order valence-corrected chi connectivity index (χ0v) is 12.8. The Bertz CT molecular complexity index is 449. The predicted octanol–water partition coefficient (Wildman–Crippen LogP) is 3.97. The highest BCUT2D eigenvalue weighted by atomic mass is 79.9. The lowest BCUT2D eigenvalue weighted by atomic mass is 9.98. The molecule has 0 radical (unpaired) electrons. The number of hydrogen-bond acceptors (Lipinski definition) is 1. The van der Waals surface area contributed by atoms with Gasteiger partial charge in [0, 0.05) is 16.9 Å². The fourth-order valence-electron chi connectivity index (χ4n) is 2.61. The van der Waals surface area contributed by atoms with Crippen LogP contribution >= 0.6 is 27.5 Å². The molecule has 2 nitrogen and oxygen atoms in total. The fraction of sp³-hybridized carbons (Fsp3) is 0.500. The van der Waals surface area contributed by atoms with Gasteiger partial charge in [-0.3, -0.25) is 4.79 Å². The van der Waals surface area contributed by atoms with Gasteiger partial charge in [-0.05, 0) is 52.7 Å². The lowest BCUT2D eigenvalue weighted by molar-refractivity contribution is 0.0940. The molecule has 0 aliphatic heterocycles. The van der Waals surface area contributed by atoms with Crippen molar-refractivity contribution in [1.29, 1.82) is 0 Å². The highest BCUT2D eigenvalue weighted by Crippen LogP contribution is 2.32. The van der Waals surface area contributed by atoms with Crippen LogP contribution in [-0.4, -0.2) is 18.3 Å². The number of benzene rings is 1. The van der Waals surface area contributed by atoms with E-state index in [2.05, 4.69) is 21.2 Å². The van der Waals surface area contributed by atoms with Gasteiger partial charge in [0.05, 0.1) is 5.56 Å². The van der Waals surface area contributed by atoms with Gasteiger partial charge in [0.1, 0.15) is 5.82 Å². The largest absolute Gasteiger partial charge is 0.352 e. The highest BCUT2D eigenvalue weighted by Gasteiger charge is 2.27. The van der Waals surface area contributed by atoms with E-state index in [9.17, 15) is 9.18 Å². The SMILES string of the molecule is O=C(NCC1CCCC1CCl)c1c(F)cccc1Br. The number of amides is 1. The third-order valence-electron chi connectivity index (χ3n) is 3.73. The van der Waals surface area contributed by atoms with Crippen LogP contribution in [0.25, 0.3) is 0 Å². The van der Waals surface area contributed by atoms with Crippen molar-refractivity contribution in [2.75, 3.05) is 12.4 Å². The summed E-state index contributed by atoms with van der Waals surface area (Å²) in [6.07, 6.45) is 3.35. The van der Waals surface area contributed by atoms with E-state index < -0.39 is 5.82 Å². The van der Waals surface area contributed by atoms with Gasteiger partial charge in [0.25, 0.3) is 5.91 Å². The number of halogens is 3. The maximum atomic E-state index is 13.6. The number of carbonyl (C=O) groups is 1. The van der Waals surface area contributed by atoms with Crippen LogP contribution in [0.15, 0.2) is 22.7 Å². The van der Waals surface area contributed by atoms with Crippen LogP contribution in [0.1, 0.15) is 29.6 Å². The zero-order valence-electron chi connectivity index (χ0n) is 10.5. The Hall–Kier alpha value is -0.610. The topological polar surface area (TPSA) is 29.1 Å². The van der Waals surface area contributed by atoms with Crippen LogP contribution in [-0.2, 0) is 0 Å². The van der Waals surface area contributed by atoms with Crippen LogP contribution in [0, 0.1) is 17.7 Å². The van der Waals surface area contributed by atoms with E-state index in [0.29, 0.717) is 28.7 Å². The second-order valence-electron chi connectivity index (χ2n) is 4.91. The molecule has 1 amide bonds. The normalized spacial score (nSPS) is 22.5. The van der Waals surface area contributed by atoms with E-state index in [1.165, 1.54) is 6.07 Å². The van der Waals surface area contributed by atoms with Crippen molar-refractivity contribution in [2.24, 2.45) is 11.8 Å². The summed E-state index contributed by atoms with van der Waals surface area (Å²) in [7, 11) is 0. The maximum Gasteiger partial charge on any atom is 0.255 e. The molecule has 0 spiro atoms. The van der Waals surface area contributed by atoms with E-state index in [4.69, 9.17) is 11.6 Å². The molecule has 1 aromatic carbocycles. The summed E-state index contributed by atoms with van der Waals surface area (Å²) in [4.78, 5) is 12.0. The zero-order chi connectivity index (χ0) is 13.8. The summed E-state index contributed by atoms with van der Waals surface area (Å²) in [6.45, 7) is 0.566. The molecule has 0 saturated heterocycles. The molecule has 1 saturated carbocycles. The third-order valence-corrected chi connectivity index (χ3v) is 4.79. The Morgan fingerprint density at radius 3 is 2.84 bits per heavy atom. The van der Waals surface area contributed by atoms with E-state index in [-0.39, 0.29) is 11.5 Å². The van der Waals surface area contributed by atoms with E-state index in [0.717, 1.165) is 19.3 Å². The van der Waals surface area contributed by atoms with Gasteiger partial charge >= 0.3 is 0 Å². The molecule has 104 valence electrons. The van der Waals surface area contributed by atoms with Crippen LogP contribution < -0.4 is 5.32 Å². The first-order chi connectivity index (χ1) is 9.13. The molecule has 19 heavy (non-hydrogen) atoms. The second-order valence-corrected chi connectivity index (χ2v) is 6.07. The minimum absolute atomic E-state index is 0.0721. The van der Waals surface area contributed by atoms with Gasteiger partial charge < -0.3 is 5.32 Å². The summed E-state index contributed by atoms with van der Waals surface area (Å²) in [5.41, 5.74) is 0.0721. The molecule has 1 N–H and O–H groups in total. The Kier molecular flexibility index (Phi) is 5.22. The molecule has 2 rings (SSSR count). The average molecular weight is 349 g/mol. The lowest BCUT2D eigenvalue weighted by Crippen LogP contribution is -2.32. The van der Waals surface area contributed by atoms with Crippen molar-refractivity contribution >= 4 is 33.4 Å². The van der Waals surface area contributed by atoms with E-state index in [1.807, 2.05) is 0 Å². The first-order valence-electron chi connectivity index (χ1n) is 6.41. The summed E-state index contributed by atoms with van der Waals surface area (Å²) in [6, 6.07) is 4.52. The first kappa shape index (κ1) is 14.8. The molecule has 0 aromatic heterocycles. The molecule has 0 bridgehead atoms. The van der Waals surface area contributed by atoms with Gasteiger partial charge in [-0.1, -0.05) is 12.5 Å². The van der Waals surface area contributed by atoms with Crippen molar-refractivity contribution in [2.45, 2.75) is 19.3 Å². The number of carbonyl (C=O) groups excluding carboxylic acids is 1. The van der Waals surface area contributed by atoms with Gasteiger partial charge in [-0.15, -0.1) is 11.6 Å². The smallest absolute Gasteiger partial charge is 0.255 e. The molecular formula is C14H16BrClFNO. The molecule has 1 aromatic rings. The van der Waals surface area contributed by atoms with Crippen LogP contribution in [0.5, 0.6) is 0 Å². The quantitative estimate of drug-likeness (QED) is 0.820. The van der Waals surface area contributed by atoms with Crippen LogP contribution in [0.4, 0.5) is 4.39 Å². The lowest BCUT2D eigenvalue weighted by Gasteiger charge is -2.18. The van der Waals surface area contributed by atoms with Gasteiger partial charge in [0.2, 0.25) is 0 Å². The summed E-state index contributed by atoms with van der Waals surface area (Å²) >= 11 is 9.11. The predicted molar refractivity (Wildman–Crippen MR) is 78.0 cm³/mol. The summed E-state index contributed by atoms with van der Waals surface area (Å²) in [5.74, 6) is 0.625. The third kappa shape index (κ3) is 3.48. The second kappa shape index (κ2) is 6.71. The average Bonchev–Trinajstić information content (AvgIpc) is 2.83. The Morgan fingerprint density at radius 1 is 1.42 bits per heavy atom. The van der Waals surface area contributed by atoms with Crippen molar-refractivity contribution in [3.05, 3.63) is 34.1 Å². The Balaban J connectivity index is 1.98. The molecule has 2 atom stereocenters. The molecule has 1 aliphatic carbocycles. The molecule has 1 fully saturated rings. The van der Waals surface area contributed by atoms with Crippen LogP contribution in [0.2, 0.25) is 0 Å². The van der Waals surface area contributed by atoms with Gasteiger partial charge in [0.15, 0.2) is 0 Å². The molecule has 2 unspecified atom stereocenters. The maximum absolute atomic E-state index is 13.6. The summed E-state index contributed by atoms with van der Waals surface area (Å²) < 4.78 is 14.1. The van der Waals surface area contributed by atoms with Crippen molar-refractivity contribution < 1.29 is 9.18 Å². The minimum atomic E-state index is -0.507. The highest BCUT2D eigenvalue weighted by molar-refractivity contribution is 9.10.